The Bertz CT molecular complexity index is 569. The number of benzene rings is 2. The van der Waals surface area contributed by atoms with Crippen LogP contribution in [0.1, 0.15) is 57.1 Å². The standard InChI is InChI=1S/C24H36N2/c1-4-5-6-13-18-23(20(2)26-3)24(19-25,21-14-9-7-10-15-21)22-16-11-8-12-17-22/h7-12,14-17,20,23,26H,4-6,13,18-19,25H2,1-3H3. The first kappa shape index (κ1) is 20.7. The Morgan fingerprint density at radius 2 is 1.42 bits per heavy atom. The second-order valence-corrected chi connectivity index (χ2v) is 7.44. The van der Waals surface area contributed by atoms with Crippen LogP contribution in [0.25, 0.3) is 0 Å². The molecule has 0 aliphatic heterocycles. The molecule has 0 aliphatic rings. The number of hydrogen-bond acceptors (Lipinski definition) is 2. The summed E-state index contributed by atoms with van der Waals surface area (Å²) >= 11 is 0. The van der Waals surface area contributed by atoms with E-state index in [1.54, 1.807) is 0 Å². The van der Waals surface area contributed by atoms with E-state index in [-0.39, 0.29) is 5.41 Å². The number of rotatable bonds is 11. The van der Waals surface area contributed by atoms with E-state index in [4.69, 9.17) is 5.73 Å². The molecule has 0 saturated carbocycles. The van der Waals surface area contributed by atoms with Gasteiger partial charge in [0.25, 0.3) is 0 Å². The summed E-state index contributed by atoms with van der Waals surface area (Å²) in [5, 5.41) is 3.53. The zero-order valence-electron chi connectivity index (χ0n) is 16.7. The van der Waals surface area contributed by atoms with Crippen LogP contribution in [-0.2, 0) is 5.41 Å². The first-order valence-electron chi connectivity index (χ1n) is 10.2. The van der Waals surface area contributed by atoms with Crippen molar-refractivity contribution in [3.05, 3.63) is 71.8 Å². The molecule has 2 atom stereocenters. The largest absolute Gasteiger partial charge is 0.329 e. The highest BCUT2D eigenvalue weighted by atomic mass is 14.9. The third kappa shape index (κ3) is 4.55. The molecule has 0 saturated heterocycles. The van der Waals surface area contributed by atoms with Gasteiger partial charge in [0.1, 0.15) is 0 Å². The highest BCUT2D eigenvalue weighted by molar-refractivity contribution is 5.41. The van der Waals surface area contributed by atoms with Gasteiger partial charge in [0.15, 0.2) is 0 Å². The molecule has 2 aromatic carbocycles. The van der Waals surface area contributed by atoms with Crippen LogP contribution in [0.2, 0.25) is 0 Å². The molecule has 0 fully saturated rings. The summed E-state index contributed by atoms with van der Waals surface area (Å²) in [7, 11) is 2.07. The van der Waals surface area contributed by atoms with Crippen molar-refractivity contribution in [2.75, 3.05) is 13.6 Å². The summed E-state index contributed by atoms with van der Waals surface area (Å²) in [6, 6.07) is 22.1. The third-order valence-corrected chi connectivity index (χ3v) is 5.96. The SMILES string of the molecule is CCCCCCC(C(C)NC)C(CN)(c1ccccc1)c1ccccc1. The van der Waals surface area contributed by atoms with E-state index in [0.29, 0.717) is 18.5 Å². The molecule has 2 aromatic rings. The van der Waals surface area contributed by atoms with E-state index in [9.17, 15) is 0 Å². The number of nitrogens with one attached hydrogen (secondary N) is 1. The van der Waals surface area contributed by atoms with E-state index in [0.717, 1.165) is 0 Å². The van der Waals surface area contributed by atoms with Gasteiger partial charge in [-0.1, -0.05) is 93.3 Å². The van der Waals surface area contributed by atoms with Crippen LogP contribution in [0.4, 0.5) is 0 Å². The maximum Gasteiger partial charge on any atom is 0.0367 e. The molecule has 2 rings (SSSR count). The lowest BCUT2D eigenvalue weighted by atomic mass is 9.62. The summed E-state index contributed by atoms with van der Waals surface area (Å²) < 4.78 is 0. The van der Waals surface area contributed by atoms with Crippen LogP contribution in [0, 0.1) is 5.92 Å². The molecular weight excluding hydrogens is 316 g/mol. The maximum absolute atomic E-state index is 6.57. The molecule has 142 valence electrons. The van der Waals surface area contributed by atoms with Gasteiger partial charge in [-0.05, 0) is 37.4 Å². The molecule has 26 heavy (non-hydrogen) atoms. The first-order chi connectivity index (χ1) is 12.7. The lowest BCUT2D eigenvalue weighted by Gasteiger charge is -2.44. The molecule has 3 N–H and O–H groups in total. The highest BCUT2D eigenvalue weighted by Crippen LogP contribution is 2.42. The van der Waals surface area contributed by atoms with Crippen LogP contribution in [-0.4, -0.2) is 19.6 Å². The Morgan fingerprint density at radius 3 is 1.85 bits per heavy atom. The summed E-state index contributed by atoms with van der Waals surface area (Å²) in [5.74, 6) is 0.444. The van der Waals surface area contributed by atoms with Gasteiger partial charge in [-0.3, -0.25) is 0 Å². The molecule has 0 bridgehead atoms. The lowest BCUT2D eigenvalue weighted by Crippen LogP contribution is -2.50. The smallest absolute Gasteiger partial charge is 0.0367 e. The van der Waals surface area contributed by atoms with Crippen LogP contribution in [0.15, 0.2) is 60.7 Å². The summed E-state index contributed by atoms with van der Waals surface area (Å²) in [6.45, 7) is 5.19. The predicted octanol–water partition coefficient (Wildman–Crippen LogP) is 5.13. The van der Waals surface area contributed by atoms with Gasteiger partial charge in [-0.25, -0.2) is 0 Å². The van der Waals surface area contributed by atoms with Crippen molar-refractivity contribution in [2.45, 2.75) is 57.4 Å². The monoisotopic (exact) mass is 352 g/mol. The quantitative estimate of drug-likeness (QED) is 0.550. The average molecular weight is 353 g/mol. The Balaban J connectivity index is 2.51. The van der Waals surface area contributed by atoms with Gasteiger partial charge in [0, 0.05) is 18.0 Å². The topological polar surface area (TPSA) is 38.0 Å². The van der Waals surface area contributed by atoms with E-state index in [1.165, 1.54) is 43.2 Å². The average Bonchev–Trinajstić information content (AvgIpc) is 2.71. The van der Waals surface area contributed by atoms with Crippen LogP contribution >= 0.6 is 0 Å². The molecular formula is C24H36N2. The van der Waals surface area contributed by atoms with Crippen molar-refractivity contribution in [3.8, 4) is 0 Å². The lowest BCUT2D eigenvalue weighted by molar-refractivity contribution is 0.238. The van der Waals surface area contributed by atoms with Gasteiger partial charge in [0.2, 0.25) is 0 Å². The minimum Gasteiger partial charge on any atom is -0.329 e. The normalized spacial score (nSPS) is 14.2. The van der Waals surface area contributed by atoms with Crippen molar-refractivity contribution in [1.29, 1.82) is 0 Å². The van der Waals surface area contributed by atoms with Crippen molar-refractivity contribution in [2.24, 2.45) is 11.7 Å². The van der Waals surface area contributed by atoms with Crippen molar-refractivity contribution in [1.82, 2.24) is 5.32 Å². The Morgan fingerprint density at radius 1 is 0.885 bits per heavy atom. The zero-order chi connectivity index (χ0) is 18.8. The molecule has 2 heteroatoms. The second-order valence-electron chi connectivity index (χ2n) is 7.44. The van der Waals surface area contributed by atoms with Gasteiger partial charge in [-0.2, -0.15) is 0 Å². The molecule has 0 radical (unpaired) electrons. The molecule has 0 spiro atoms. The van der Waals surface area contributed by atoms with Crippen molar-refractivity contribution < 1.29 is 0 Å². The van der Waals surface area contributed by atoms with Crippen molar-refractivity contribution in [3.63, 3.8) is 0 Å². The van der Waals surface area contributed by atoms with E-state index >= 15 is 0 Å². The van der Waals surface area contributed by atoms with Crippen LogP contribution in [0.3, 0.4) is 0 Å². The molecule has 0 aromatic heterocycles. The van der Waals surface area contributed by atoms with Gasteiger partial charge >= 0.3 is 0 Å². The molecule has 0 heterocycles. The summed E-state index contributed by atoms with van der Waals surface area (Å²) in [4.78, 5) is 0. The predicted molar refractivity (Wildman–Crippen MR) is 113 cm³/mol. The minimum atomic E-state index is -0.169. The van der Waals surface area contributed by atoms with Crippen LogP contribution < -0.4 is 11.1 Å². The fraction of sp³-hybridized carbons (Fsp3) is 0.500. The zero-order valence-corrected chi connectivity index (χ0v) is 16.7. The van der Waals surface area contributed by atoms with E-state index in [1.807, 2.05) is 0 Å². The van der Waals surface area contributed by atoms with Gasteiger partial charge in [0.05, 0.1) is 0 Å². The van der Waals surface area contributed by atoms with Gasteiger partial charge in [-0.15, -0.1) is 0 Å². The Kier molecular flexibility index (Phi) is 8.34. The fourth-order valence-corrected chi connectivity index (χ4v) is 4.37. The highest BCUT2D eigenvalue weighted by Gasteiger charge is 2.42. The second kappa shape index (κ2) is 10.5. The van der Waals surface area contributed by atoms with Crippen LogP contribution in [0.5, 0.6) is 0 Å². The maximum atomic E-state index is 6.57. The first-order valence-corrected chi connectivity index (χ1v) is 10.2. The summed E-state index contributed by atoms with van der Waals surface area (Å²) in [5.41, 5.74) is 9.06. The number of hydrogen-bond donors (Lipinski definition) is 2. The van der Waals surface area contributed by atoms with E-state index < -0.39 is 0 Å². The molecule has 0 aliphatic carbocycles. The Labute approximate surface area is 160 Å². The summed E-state index contributed by atoms with van der Waals surface area (Å²) in [6.07, 6.45) is 6.32. The molecule has 2 unspecified atom stereocenters. The Hall–Kier alpha value is -1.64. The van der Waals surface area contributed by atoms with Crippen molar-refractivity contribution >= 4 is 0 Å². The fourth-order valence-electron chi connectivity index (χ4n) is 4.37. The molecule has 0 amide bonds. The number of unbranched alkanes of at least 4 members (excludes halogenated alkanes) is 3. The van der Waals surface area contributed by atoms with Gasteiger partial charge < -0.3 is 11.1 Å². The minimum absolute atomic E-state index is 0.169. The third-order valence-electron chi connectivity index (χ3n) is 5.96. The number of nitrogens with two attached hydrogens (primary N) is 1. The van der Waals surface area contributed by atoms with E-state index in [2.05, 4.69) is 86.9 Å². The molecule has 2 nitrogen and oxygen atoms in total.